The number of nitrogens with zero attached hydrogens (tertiary/aromatic N) is 2. The average molecular weight is 437 g/mol. The molecule has 2 aromatic rings. The number of amides is 3. The van der Waals surface area contributed by atoms with Gasteiger partial charge in [0.2, 0.25) is 0 Å². The lowest BCUT2D eigenvalue weighted by Gasteiger charge is -2.25. The van der Waals surface area contributed by atoms with Crippen LogP contribution in [0.3, 0.4) is 0 Å². The first-order valence-corrected chi connectivity index (χ1v) is 10.8. The lowest BCUT2D eigenvalue weighted by molar-refractivity contribution is -0.152. The van der Waals surface area contributed by atoms with Gasteiger partial charge in [0.05, 0.1) is 6.54 Å². The normalized spacial score (nSPS) is 16.6. The Morgan fingerprint density at radius 3 is 2.22 bits per heavy atom. The van der Waals surface area contributed by atoms with E-state index in [9.17, 15) is 19.5 Å². The van der Waals surface area contributed by atoms with Crippen LogP contribution in [0.15, 0.2) is 36.4 Å². The van der Waals surface area contributed by atoms with E-state index in [1.807, 2.05) is 50.2 Å². The van der Waals surface area contributed by atoms with E-state index >= 15 is 0 Å². The Balaban J connectivity index is 1.50. The van der Waals surface area contributed by atoms with Crippen LogP contribution in [-0.2, 0) is 16.1 Å². The minimum atomic E-state index is -1.37. The van der Waals surface area contributed by atoms with Gasteiger partial charge in [-0.2, -0.15) is 0 Å². The van der Waals surface area contributed by atoms with Crippen molar-refractivity contribution in [3.63, 3.8) is 0 Å². The number of carboxylic acid groups (broad SMARTS) is 1. The smallest absolute Gasteiger partial charge is 0.347 e. The van der Waals surface area contributed by atoms with Crippen LogP contribution in [0.1, 0.15) is 54.9 Å². The molecule has 0 spiro atoms. The van der Waals surface area contributed by atoms with Crippen molar-refractivity contribution in [3.8, 4) is 5.75 Å². The number of carbonyl (C=O) groups excluding carboxylic acids is 2. The van der Waals surface area contributed by atoms with Crippen LogP contribution in [0.5, 0.6) is 5.75 Å². The first-order valence-electron chi connectivity index (χ1n) is 10.8. The van der Waals surface area contributed by atoms with Crippen LogP contribution < -0.4 is 9.64 Å². The Morgan fingerprint density at radius 2 is 1.69 bits per heavy atom. The van der Waals surface area contributed by atoms with Crippen LogP contribution in [0, 0.1) is 13.8 Å². The van der Waals surface area contributed by atoms with Gasteiger partial charge in [0.25, 0.3) is 5.91 Å². The number of carboxylic acids is 1. The van der Waals surface area contributed by atoms with Crippen molar-refractivity contribution in [2.75, 3.05) is 11.4 Å². The third-order valence-electron chi connectivity index (χ3n) is 6.04. The molecule has 1 saturated heterocycles. The van der Waals surface area contributed by atoms with Gasteiger partial charge in [0.15, 0.2) is 5.60 Å². The highest BCUT2D eigenvalue weighted by Crippen LogP contribution is 2.40. The standard InChI is InChI=1S/C25H28N2O5/c1-15-11-17(12-16(2)22(15)32-25(3,4)23(29)30)13-27-21(28)14-26(24(27)31)20-9-7-19(8-10-20)18-5-6-18/h7-12,18H,5-6,13-14H2,1-4H3,(H,29,30). The second-order valence-electron chi connectivity index (χ2n) is 9.19. The van der Waals surface area contributed by atoms with Gasteiger partial charge in [0, 0.05) is 5.69 Å². The minimum absolute atomic E-state index is 0.0214. The van der Waals surface area contributed by atoms with Crippen LogP contribution in [0.25, 0.3) is 0 Å². The number of carbonyl (C=O) groups is 3. The van der Waals surface area contributed by atoms with Gasteiger partial charge < -0.3 is 9.84 Å². The number of hydrogen-bond donors (Lipinski definition) is 1. The summed E-state index contributed by atoms with van der Waals surface area (Å²) in [5.41, 5.74) is 2.92. The van der Waals surface area contributed by atoms with Gasteiger partial charge in [-0.15, -0.1) is 0 Å². The van der Waals surface area contributed by atoms with Gasteiger partial charge in [0.1, 0.15) is 12.3 Å². The molecule has 168 valence electrons. The van der Waals surface area contributed by atoms with Crippen molar-refractivity contribution in [1.29, 1.82) is 0 Å². The molecule has 2 aliphatic rings. The molecule has 1 saturated carbocycles. The molecular weight excluding hydrogens is 408 g/mol. The van der Waals surface area contributed by atoms with Gasteiger partial charge in [-0.1, -0.05) is 24.3 Å². The maximum atomic E-state index is 13.0. The molecule has 1 aliphatic heterocycles. The Hall–Kier alpha value is -3.35. The van der Waals surface area contributed by atoms with Crippen molar-refractivity contribution in [1.82, 2.24) is 4.90 Å². The summed E-state index contributed by atoms with van der Waals surface area (Å²) in [5.74, 6) is -0.170. The van der Waals surface area contributed by atoms with Gasteiger partial charge in [-0.25, -0.2) is 9.59 Å². The molecular formula is C25H28N2O5. The number of anilines is 1. The molecule has 7 nitrogen and oxygen atoms in total. The van der Waals surface area contributed by atoms with Crippen molar-refractivity contribution in [2.45, 2.75) is 58.6 Å². The molecule has 1 heterocycles. The molecule has 4 rings (SSSR count). The van der Waals surface area contributed by atoms with E-state index in [1.165, 1.54) is 42.1 Å². The molecule has 1 N–H and O–H groups in total. The molecule has 0 radical (unpaired) electrons. The molecule has 0 atom stereocenters. The van der Waals surface area contributed by atoms with Crippen LogP contribution >= 0.6 is 0 Å². The largest absolute Gasteiger partial charge is 0.478 e. The zero-order valence-electron chi connectivity index (χ0n) is 18.8. The van der Waals surface area contributed by atoms with E-state index in [4.69, 9.17) is 4.74 Å². The van der Waals surface area contributed by atoms with Crippen LogP contribution in [0.4, 0.5) is 10.5 Å². The Morgan fingerprint density at radius 1 is 1.09 bits per heavy atom. The van der Waals surface area contributed by atoms with E-state index in [2.05, 4.69) is 0 Å². The number of urea groups is 1. The molecule has 2 aromatic carbocycles. The molecule has 2 fully saturated rings. The number of aryl methyl sites for hydroxylation is 2. The topological polar surface area (TPSA) is 87.2 Å². The van der Waals surface area contributed by atoms with Crippen molar-refractivity contribution < 1.29 is 24.2 Å². The van der Waals surface area contributed by atoms with E-state index in [-0.39, 0.29) is 25.0 Å². The number of rotatable bonds is 7. The van der Waals surface area contributed by atoms with Gasteiger partial charge in [-0.05, 0) is 80.8 Å². The van der Waals surface area contributed by atoms with Crippen molar-refractivity contribution in [2.24, 2.45) is 0 Å². The van der Waals surface area contributed by atoms with E-state index in [0.717, 1.165) is 22.4 Å². The Bertz CT molecular complexity index is 1060. The molecule has 0 unspecified atom stereocenters. The molecule has 1 aliphatic carbocycles. The summed E-state index contributed by atoms with van der Waals surface area (Å²) in [7, 11) is 0. The summed E-state index contributed by atoms with van der Waals surface area (Å²) in [6.45, 7) is 6.81. The second-order valence-corrected chi connectivity index (χ2v) is 9.19. The third kappa shape index (κ3) is 4.20. The van der Waals surface area contributed by atoms with Crippen LogP contribution in [-0.4, -0.2) is 40.1 Å². The lowest BCUT2D eigenvalue weighted by atomic mass is 10.0. The van der Waals surface area contributed by atoms with Crippen molar-refractivity contribution in [3.05, 3.63) is 58.7 Å². The summed E-state index contributed by atoms with van der Waals surface area (Å²) in [6.07, 6.45) is 2.43. The minimum Gasteiger partial charge on any atom is -0.478 e. The lowest BCUT2D eigenvalue weighted by Crippen LogP contribution is -2.38. The third-order valence-corrected chi connectivity index (χ3v) is 6.04. The number of hydrogen-bond acceptors (Lipinski definition) is 4. The molecule has 3 amide bonds. The Kier molecular flexibility index (Phi) is 5.44. The number of imide groups is 1. The summed E-state index contributed by atoms with van der Waals surface area (Å²) in [4.78, 5) is 39.8. The molecule has 0 bridgehead atoms. The highest BCUT2D eigenvalue weighted by atomic mass is 16.5. The number of aliphatic carboxylic acids is 1. The van der Waals surface area contributed by atoms with E-state index in [0.29, 0.717) is 11.7 Å². The first kappa shape index (κ1) is 21.9. The molecule has 0 aromatic heterocycles. The summed E-state index contributed by atoms with van der Waals surface area (Å²) < 4.78 is 5.74. The van der Waals surface area contributed by atoms with E-state index in [1.54, 1.807) is 0 Å². The SMILES string of the molecule is Cc1cc(CN2C(=O)CN(c3ccc(C4CC4)cc3)C2=O)cc(C)c1OC(C)(C)C(=O)O. The first-order chi connectivity index (χ1) is 15.1. The van der Waals surface area contributed by atoms with Gasteiger partial charge in [-0.3, -0.25) is 14.6 Å². The van der Waals surface area contributed by atoms with Crippen LogP contribution in [0.2, 0.25) is 0 Å². The fourth-order valence-corrected chi connectivity index (χ4v) is 4.01. The highest BCUT2D eigenvalue weighted by molar-refractivity contribution is 6.12. The monoisotopic (exact) mass is 436 g/mol. The Labute approximate surface area is 187 Å². The predicted octanol–water partition coefficient (Wildman–Crippen LogP) is 4.39. The number of benzene rings is 2. The molecule has 7 heteroatoms. The predicted molar refractivity (Wildman–Crippen MR) is 120 cm³/mol. The quantitative estimate of drug-likeness (QED) is 0.651. The summed E-state index contributed by atoms with van der Waals surface area (Å²) >= 11 is 0. The average Bonchev–Trinajstić information content (AvgIpc) is 3.54. The maximum Gasteiger partial charge on any atom is 0.347 e. The summed E-state index contributed by atoms with van der Waals surface area (Å²) in [6, 6.07) is 11.2. The maximum absolute atomic E-state index is 13.0. The fourth-order valence-electron chi connectivity index (χ4n) is 4.01. The molecule has 32 heavy (non-hydrogen) atoms. The number of ether oxygens (including phenoxy) is 1. The fraction of sp³-hybridized carbons (Fsp3) is 0.400. The van der Waals surface area contributed by atoms with Gasteiger partial charge >= 0.3 is 12.0 Å². The van der Waals surface area contributed by atoms with E-state index < -0.39 is 11.6 Å². The zero-order chi connectivity index (χ0) is 23.2. The highest BCUT2D eigenvalue weighted by Gasteiger charge is 2.37. The second kappa shape index (κ2) is 7.97. The van der Waals surface area contributed by atoms with Crippen molar-refractivity contribution >= 4 is 23.6 Å². The zero-order valence-corrected chi connectivity index (χ0v) is 18.8. The summed E-state index contributed by atoms with van der Waals surface area (Å²) in [5, 5.41) is 9.34.